The van der Waals surface area contributed by atoms with Gasteiger partial charge in [0.2, 0.25) is 5.91 Å². The van der Waals surface area contributed by atoms with Gasteiger partial charge >= 0.3 is 0 Å². The predicted molar refractivity (Wildman–Crippen MR) is 117 cm³/mol. The van der Waals surface area contributed by atoms with Crippen molar-refractivity contribution in [3.63, 3.8) is 0 Å². The van der Waals surface area contributed by atoms with Crippen LogP contribution in [0.5, 0.6) is 0 Å². The normalized spacial score (nSPS) is 14.6. The van der Waals surface area contributed by atoms with Crippen LogP contribution < -0.4 is 5.32 Å². The van der Waals surface area contributed by atoms with Crippen molar-refractivity contribution in [2.24, 2.45) is 0 Å². The molecule has 30 heavy (non-hydrogen) atoms. The third kappa shape index (κ3) is 4.83. The standard InChI is InChI=1S/C24H26N4O2/c29-22(11-13-26-24(30)20-6-2-1-3-7-20)28-16-14-27(15-17-28)18-21-9-4-8-19-10-5-12-25-23(19)21/h1-10,12H,11,13-18H2,(H,26,30). The van der Waals surface area contributed by atoms with Gasteiger partial charge in [0.1, 0.15) is 0 Å². The molecule has 0 saturated carbocycles. The molecule has 0 spiro atoms. The van der Waals surface area contributed by atoms with E-state index < -0.39 is 0 Å². The van der Waals surface area contributed by atoms with Crippen LogP contribution in [0.4, 0.5) is 0 Å². The van der Waals surface area contributed by atoms with Gasteiger partial charge in [0.05, 0.1) is 5.52 Å². The Morgan fingerprint density at radius 2 is 1.67 bits per heavy atom. The number of hydrogen-bond acceptors (Lipinski definition) is 4. The van der Waals surface area contributed by atoms with Crippen LogP contribution in [0.3, 0.4) is 0 Å². The Balaban J connectivity index is 1.23. The summed E-state index contributed by atoms with van der Waals surface area (Å²) >= 11 is 0. The van der Waals surface area contributed by atoms with Crippen LogP contribution in [0, 0.1) is 0 Å². The number of pyridine rings is 1. The van der Waals surface area contributed by atoms with Crippen molar-refractivity contribution >= 4 is 22.7 Å². The van der Waals surface area contributed by atoms with Crippen molar-refractivity contribution in [1.82, 2.24) is 20.1 Å². The van der Waals surface area contributed by atoms with Crippen LogP contribution >= 0.6 is 0 Å². The van der Waals surface area contributed by atoms with E-state index in [4.69, 9.17) is 0 Å². The molecule has 0 atom stereocenters. The summed E-state index contributed by atoms with van der Waals surface area (Å²) < 4.78 is 0. The van der Waals surface area contributed by atoms with E-state index in [1.807, 2.05) is 35.4 Å². The maximum atomic E-state index is 12.5. The SMILES string of the molecule is O=C(NCCC(=O)N1CCN(Cc2cccc3cccnc23)CC1)c1ccccc1. The second-order valence-electron chi connectivity index (χ2n) is 7.52. The predicted octanol–water partition coefficient (Wildman–Crippen LogP) is 2.70. The molecule has 2 heterocycles. The fourth-order valence-electron chi connectivity index (χ4n) is 3.82. The molecule has 1 aliphatic heterocycles. The molecule has 3 aromatic rings. The first-order valence-corrected chi connectivity index (χ1v) is 10.4. The third-order valence-corrected chi connectivity index (χ3v) is 5.50. The molecule has 154 valence electrons. The van der Waals surface area contributed by atoms with Crippen molar-refractivity contribution in [3.8, 4) is 0 Å². The van der Waals surface area contributed by atoms with Gasteiger partial charge in [0.15, 0.2) is 0 Å². The van der Waals surface area contributed by atoms with Crippen molar-refractivity contribution in [2.45, 2.75) is 13.0 Å². The smallest absolute Gasteiger partial charge is 0.251 e. The lowest BCUT2D eigenvalue weighted by atomic mass is 10.1. The van der Waals surface area contributed by atoms with E-state index in [1.54, 1.807) is 12.1 Å². The molecule has 1 fully saturated rings. The Bertz CT molecular complexity index is 1010. The van der Waals surface area contributed by atoms with Gasteiger partial charge < -0.3 is 10.2 Å². The molecule has 1 aliphatic rings. The zero-order chi connectivity index (χ0) is 20.8. The molecule has 0 bridgehead atoms. The van der Waals surface area contributed by atoms with Crippen LogP contribution in [-0.2, 0) is 11.3 Å². The molecule has 1 N–H and O–H groups in total. The number of para-hydroxylation sites is 1. The minimum atomic E-state index is -0.142. The fourth-order valence-corrected chi connectivity index (χ4v) is 3.82. The molecule has 6 heteroatoms. The van der Waals surface area contributed by atoms with E-state index in [9.17, 15) is 9.59 Å². The summed E-state index contributed by atoms with van der Waals surface area (Å²) in [6.45, 7) is 4.29. The number of aromatic nitrogens is 1. The summed E-state index contributed by atoms with van der Waals surface area (Å²) in [4.78, 5) is 33.4. The lowest BCUT2D eigenvalue weighted by Gasteiger charge is -2.35. The average molecular weight is 402 g/mol. The maximum absolute atomic E-state index is 12.5. The van der Waals surface area contributed by atoms with Gasteiger partial charge in [-0.1, -0.05) is 42.5 Å². The lowest BCUT2D eigenvalue weighted by molar-refractivity contribution is -0.132. The second kappa shape index (κ2) is 9.50. The number of fused-ring (bicyclic) bond motifs is 1. The Labute approximate surface area is 176 Å². The Hall–Kier alpha value is -3.25. The molecule has 6 nitrogen and oxygen atoms in total. The fraction of sp³-hybridized carbons (Fsp3) is 0.292. The number of hydrogen-bond donors (Lipinski definition) is 1. The van der Waals surface area contributed by atoms with E-state index in [1.165, 1.54) is 5.56 Å². The highest BCUT2D eigenvalue weighted by Gasteiger charge is 2.21. The number of benzene rings is 2. The maximum Gasteiger partial charge on any atom is 0.251 e. The Kier molecular flexibility index (Phi) is 6.35. The summed E-state index contributed by atoms with van der Waals surface area (Å²) in [5.41, 5.74) is 2.88. The van der Waals surface area contributed by atoms with Gasteiger partial charge in [0.25, 0.3) is 5.91 Å². The average Bonchev–Trinajstić information content (AvgIpc) is 2.80. The van der Waals surface area contributed by atoms with Crippen LogP contribution in [-0.4, -0.2) is 59.3 Å². The van der Waals surface area contributed by atoms with Crippen molar-refractivity contribution < 1.29 is 9.59 Å². The molecular formula is C24H26N4O2. The molecule has 0 aliphatic carbocycles. The summed E-state index contributed by atoms with van der Waals surface area (Å²) in [5.74, 6) is -0.0493. The summed E-state index contributed by atoms with van der Waals surface area (Å²) in [7, 11) is 0. The Morgan fingerprint density at radius 3 is 2.47 bits per heavy atom. The molecule has 2 aromatic carbocycles. The largest absolute Gasteiger partial charge is 0.352 e. The highest BCUT2D eigenvalue weighted by atomic mass is 16.2. The van der Waals surface area contributed by atoms with Crippen molar-refractivity contribution in [3.05, 3.63) is 78.0 Å². The van der Waals surface area contributed by atoms with Crippen LogP contribution in [0.1, 0.15) is 22.3 Å². The van der Waals surface area contributed by atoms with E-state index >= 15 is 0 Å². The van der Waals surface area contributed by atoms with Gasteiger partial charge in [-0.2, -0.15) is 0 Å². The first kappa shape index (κ1) is 20.0. The number of amides is 2. The monoisotopic (exact) mass is 402 g/mol. The molecule has 4 rings (SSSR count). The van der Waals surface area contributed by atoms with Crippen LogP contribution in [0.15, 0.2) is 66.9 Å². The number of carbonyl (C=O) groups is 2. The summed E-state index contributed by atoms with van der Waals surface area (Å²) in [6.07, 6.45) is 2.16. The zero-order valence-corrected chi connectivity index (χ0v) is 17.0. The number of nitrogens with one attached hydrogen (secondary N) is 1. The molecule has 1 aromatic heterocycles. The van der Waals surface area contributed by atoms with E-state index in [2.05, 4.69) is 39.5 Å². The second-order valence-corrected chi connectivity index (χ2v) is 7.52. The molecule has 2 amide bonds. The highest BCUT2D eigenvalue weighted by molar-refractivity contribution is 5.94. The Morgan fingerprint density at radius 1 is 0.900 bits per heavy atom. The summed E-state index contributed by atoms with van der Waals surface area (Å²) in [5, 5.41) is 3.98. The van der Waals surface area contributed by atoms with Crippen LogP contribution in [0.2, 0.25) is 0 Å². The van der Waals surface area contributed by atoms with Gasteiger partial charge in [-0.15, -0.1) is 0 Å². The van der Waals surface area contributed by atoms with E-state index in [-0.39, 0.29) is 11.8 Å². The van der Waals surface area contributed by atoms with Gasteiger partial charge in [-0.3, -0.25) is 19.5 Å². The minimum Gasteiger partial charge on any atom is -0.352 e. The first-order chi connectivity index (χ1) is 14.7. The molecule has 0 unspecified atom stereocenters. The first-order valence-electron chi connectivity index (χ1n) is 10.4. The quantitative estimate of drug-likeness (QED) is 0.689. The van der Waals surface area contributed by atoms with Crippen LogP contribution in [0.25, 0.3) is 10.9 Å². The van der Waals surface area contributed by atoms with Gasteiger partial charge in [-0.05, 0) is 23.8 Å². The topological polar surface area (TPSA) is 65.5 Å². The lowest BCUT2D eigenvalue weighted by Crippen LogP contribution is -2.48. The third-order valence-electron chi connectivity index (χ3n) is 5.50. The zero-order valence-electron chi connectivity index (χ0n) is 17.0. The van der Waals surface area contributed by atoms with Gasteiger partial charge in [0, 0.05) is 62.8 Å². The molecular weight excluding hydrogens is 376 g/mol. The molecule has 1 saturated heterocycles. The number of carbonyl (C=O) groups excluding carboxylic acids is 2. The minimum absolute atomic E-state index is 0.0924. The molecule has 0 radical (unpaired) electrons. The van der Waals surface area contributed by atoms with Crippen molar-refractivity contribution in [1.29, 1.82) is 0 Å². The van der Waals surface area contributed by atoms with E-state index in [0.29, 0.717) is 31.6 Å². The number of rotatable bonds is 6. The number of piperazine rings is 1. The van der Waals surface area contributed by atoms with E-state index in [0.717, 1.165) is 30.5 Å². The van der Waals surface area contributed by atoms with Crippen molar-refractivity contribution in [2.75, 3.05) is 32.7 Å². The van der Waals surface area contributed by atoms with Gasteiger partial charge in [-0.25, -0.2) is 0 Å². The number of nitrogens with zero attached hydrogens (tertiary/aromatic N) is 3. The summed E-state index contributed by atoms with van der Waals surface area (Å²) in [6, 6.07) is 19.4. The highest BCUT2D eigenvalue weighted by Crippen LogP contribution is 2.18.